The fourth-order valence-corrected chi connectivity index (χ4v) is 2.79. The standard InChI is InChI=1S/C9H17N3OS2/c1-3-10-9-12-11-8(15-9)7-14-6-4-5-13-2/h3-7H2,1-2H3,(H,10,12). The number of rotatable bonds is 8. The summed E-state index contributed by atoms with van der Waals surface area (Å²) in [5.74, 6) is 2.07. The first kappa shape index (κ1) is 12.7. The van der Waals surface area contributed by atoms with Crippen LogP contribution in [0.25, 0.3) is 0 Å². The molecule has 15 heavy (non-hydrogen) atoms. The number of methoxy groups -OCH3 is 1. The molecule has 0 aliphatic carbocycles. The summed E-state index contributed by atoms with van der Waals surface area (Å²) in [4.78, 5) is 0. The Labute approximate surface area is 98.8 Å². The van der Waals surface area contributed by atoms with Crippen molar-refractivity contribution in [1.82, 2.24) is 10.2 Å². The van der Waals surface area contributed by atoms with Crippen LogP contribution in [0.5, 0.6) is 0 Å². The molecule has 0 aliphatic rings. The predicted octanol–water partition coefficient (Wildman–Crippen LogP) is 2.24. The quantitative estimate of drug-likeness (QED) is 0.714. The van der Waals surface area contributed by atoms with Crippen LogP contribution < -0.4 is 5.32 Å². The van der Waals surface area contributed by atoms with Crippen LogP contribution in [0.15, 0.2) is 0 Å². The first-order valence-electron chi connectivity index (χ1n) is 4.99. The van der Waals surface area contributed by atoms with E-state index in [0.717, 1.165) is 41.2 Å². The molecule has 0 bridgehead atoms. The van der Waals surface area contributed by atoms with Crippen LogP contribution in [0.3, 0.4) is 0 Å². The smallest absolute Gasteiger partial charge is 0.205 e. The van der Waals surface area contributed by atoms with Gasteiger partial charge in [0.1, 0.15) is 5.01 Å². The maximum atomic E-state index is 4.98. The van der Waals surface area contributed by atoms with E-state index in [2.05, 4.69) is 22.4 Å². The van der Waals surface area contributed by atoms with Crippen molar-refractivity contribution < 1.29 is 4.74 Å². The van der Waals surface area contributed by atoms with Gasteiger partial charge >= 0.3 is 0 Å². The van der Waals surface area contributed by atoms with Gasteiger partial charge in [-0.25, -0.2) is 0 Å². The normalized spacial score (nSPS) is 10.5. The van der Waals surface area contributed by atoms with Crippen molar-refractivity contribution in [2.45, 2.75) is 19.1 Å². The van der Waals surface area contributed by atoms with Gasteiger partial charge in [-0.05, 0) is 19.1 Å². The van der Waals surface area contributed by atoms with Crippen LogP contribution in [-0.4, -0.2) is 36.2 Å². The molecular weight excluding hydrogens is 230 g/mol. The average Bonchev–Trinajstić information content (AvgIpc) is 2.66. The molecule has 1 N–H and O–H groups in total. The number of hydrogen-bond acceptors (Lipinski definition) is 6. The molecule has 0 atom stereocenters. The lowest BCUT2D eigenvalue weighted by molar-refractivity contribution is 0.200. The first-order chi connectivity index (χ1) is 7.36. The molecule has 0 amide bonds. The third kappa shape index (κ3) is 5.34. The van der Waals surface area contributed by atoms with Crippen LogP contribution >= 0.6 is 23.1 Å². The average molecular weight is 247 g/mol. The third-order valence-electron chi connectivity index (χ3n) is 1.66. The molecule has 1 aromatic rings. The Kier molecular flexibility index (Phi) is 6.71. The van der Waals surface area contributed by atoms with Gasteiger partial charge in [0, 0.05) is 26.0 Å². The van der Waals surface area contributed by atoms with Crippen molar-refractivity contribution in [3.05, 3.63) is 5.01 Å². The van der Waals surface area contributed by atoms with Crippen molar-refractivity contribution in [1.29, 1.82) is 0 Å². The Hall–Kier alpha value is -0.330. The third-order valence-corrected chi connectivity index (χ3v) is 3.78. The lowest BCUT2D eigenvalue weighted by Crippen LogP contribution is -1.94. The maximum Gasteiger partial charge on any atom is 0.205 e. The van der Waals surface area contributed by atoms with Gasteiger partial charge < -0.3 is 10.1 Å². The molecular formula is C9H17N3OS2. The maximum absolute atomic E-state index is 4.98. The topological polar surface area (TPSA) is 47.0 Å². The monoisotopic (exact) mass is 247 g/mol. The SMILES string of the molecule is CCNc1nnc(CSCCCOC)s1. The summed E-state index contributed by atoms with van der Waals surface area (Å²) < 4.78 is 4.98. The van der Waals surface area contributed by atoms with Crippen molar-refractivity contribution >= 4 is 28.2 Å². The highest BCUT2D eigenvalue weighted by Gasteiger charge is 2.02. The highest BCUT2D eigenvalue weighted by molar-refractivity contribution is 7.98. The Bertz CT molecular complexity index is 268. The Morgan fingerprint density at radius 2 is 2.33 bits per heavy atom. The van der Waals surface area contributed by atoms with Gasteiger partial charge in [0.15, 0.2) is 0 Å². The molecule has 4 nitrogen and oxygen atoms in total. The minimum absolute atomic E-state index is 0.839. The van der Waals surface area contributed by atoms with Crippen molar-refractivity contribution in [2.24, 2.45) is 0 Å². The zero-order chi connectivity index (χ0) is 10.9. The molecule has 0 saturated carbocycles. The minimum atomic E-state index is 0.839. The molecule has 86 valence electrons. The zero-order valence-electron chi connectivity index (χ0n) is 9.15. The summed E-state index contributed by atoms with van der Waals surface area (Å²) in [7, 11) is 1.73. The molecule has 1 aromatic heterocycles. The summed E-state index contributed by atoms with van der Waals surface area (Å²) in [6, 6.07) is 0. The van der Waals surface area contributed by atoms with E-state index in [0.29, 0.717) is 0 Å². The van der Waals surface area contributed by atoms with Crippen LogP contribution in [-0.2, 0) is 10.5 Å². The molecule has 0 aromatic carbocycles. The molecule has 0 unspecified atom stereocenters. The van der Waals surface area contributed by atoms with Crippen molar-refractivity contribution in [2.75, 3.05) is 31.3 Å². The van der Waals surface area contributed by atoms with Crippen LogP contribution in [0.2, 0.25) is 0 Å². The minimum Gasteiger partial charge on any atom is -0.385 e. The summed E-state index contributed by atoms with van der Waals surface area (Å²) in [6.45, 7) is 3.79. The molecule has 0 fully saturated rings. The molecule has 6 heteroatoms. The van der Waals surface area contributed by atoms with Gasteiger partial charge in [-0.2, -0.15) is 11.8 Å². The molecule has 0 saturated heterocycles. The second-order valence-electron chi connectivity index (χ2n) is 2.93. The lowest BCUT2D eigenvalue weighted by Gasteiger charge is -1.97. The van der Waals surface area contributed by atoms with E-state index < -0.39 is 0 Å². The van der Waals surface area contributed by atoms with E-state index >= 15 is 0 Å². The van der Waals surface area contributed by atoms with Crippen molar-refractivity contribution in [3.8, 4) is 0 Å². The summed E-state index contributed by atoms with van der Waals surface area (Å²) >= 11 is 3.51. The molecule has 0 spiro atoms. The van der Waals surface area contributed by atoms with Crippen molar-refractivity contribution in [3.63, 3.8) is 0 Å². The number of hydrogen-bond donors (Lipinski definition) is 1. The molecule has 0 aliphatic heterocycles. The predicted molar refractivity (Wildman–Crippen MR) is 66.7 cm³/mol. The van der Waals surface area contributed by atoms with Gasteiger partial charge in [0.25, 0.3) is 0 Å². The highest BCUT2D eigenvalue weighted by atomic mass is 32.2. The summed E-state index contributed by atoms with van der Waals surface area (Å²) in [5.41, 5.74) is 0. The van der Waals surface area contributed by atoms with Crippen LogP contribution in [0.4, 0.5) is 5.13 Å². The Morgan fingerprint density at radius 1 is 1.47 bits per heavy atom. The van der Waals surface area contributed by atoms with Gasteiger partial charge in [0.05, 0.1) is 0 Å². The number of anilines is 1. The summed E-state index contributed by atoms with van der Waals surface area (Å²) in [5, 5.41) is 13.3. The van der Waals surface area contributed by atoms with E-state index in [4.69, 9.17) is 4.74 Å². The second-order valence-corrected chi connectivity index (χ2v) is 5.10. The van der Waals surface area contributed by atoms with Crippen LogP contribution in [0.1, 0.15) is 18.4 Å². The van der Waals surface area contributed by atoms with Gasteiger partial charge in [0.2, 0.25) is 5.13 Å². The fraction of sp³-hybridized carbons (Fsp3) is 0.778. The molecule has 1 rings (SSSR count). The van der Waals surface area contributed by atoms with E-state index in [1.165, 1.54) is 0 Å². The summed E-state index contributed by atoms with van der Waals surface area (Å²) in [6.07, 6.45) is 1.10. The van der Waals surface area contributed by atoms with E-state index in [1.54, 1.807) is 18.4 Å². The zero-order valence-corrected chi connectivity index (χ0v) is 10.8. The van der Waals surface area contributed by atoms with Gasteiger partial charge in [-0.3, -0.25) is 0 Å². The van der Waals surface area contributed by atoms with E-state index in [1.807, 2.05) is 11.8 Å². The lowest BCUT2D eigenvalue weighted by atomic mass is 10.5. The van der Waals surface area contributed by atoms with Gasteiger partial charge in [-0.1, -0.05) is 11.3 Å². The molecule has 0 radical (unpaired) electrons. The molecule has 1 heterocycles. The van der Waals surface area contributed by atoms with E-state index in [-0.39, 0.29) is 0 Å². The Balaban J connectivity index is 2.14. The largest absolute Gasteiger partial charge is 0.385 e. The van der Waals surface area contributed by atoms with Gasteiger partial charge in [-0.15, -0.1) is 10.2 Å². The number of thioether (sulfide) groups is 1. The number of ether oxygens (including phenoxy) is 1. The fourth-order valence-electron chi connectivity index (χ4n) is 0.999. The number of nitrogens with zero attached hydrogens (tertiary/aromatic N) is 2. The second kappa shape index (κ2) is 7.90. The number of nitrogens with one attached hydrogen (secondary N) is 1. The first-order valence-corrected chi connectivity index (χ1v) is 6.97. The van der Waals surface area contributed by atoms with E-state index in [9.17, 15) is 0 Å². The van der Waals surface area contributed by atoms with Crippen LogP contribution in [0, 0.1) is 0 Å². The highest BCUT2D eigenvalue weighted by Crippen LogP contribution is 2.20. The Morgan fingerprint density at radius 3 is 3.07 bits per heavy atom. The number of aromatic nitrogens is 2.